The van der Waals surface area contributed by atoms with Crippen LogP contribution in [0.5, 0.6) is 5.75 Å². The summed E-state index contributed by atoms with van der Waals surface area (Å²) in [6.07, 6.45) is 1.69. The molecule has 0 aliphatic heterocycles. The van der Waals surface area contributed by atoms with Gasteiger partial charge in [-0.25, -0.2) is 4.68 Å². The summed E-state index contributed by atoms with van der Waals surface area (Å²) in [5, 5.41) is 7.46. The summed E-state index contributed by atoms with van der Waals surface area (Å²) in [6.45, 7) is 3.99. The van der Waals surface area contributed by atoms with Crippen molar-refractivity contribution in [2.45, 2.75) is 26.6 Å². The number of carbonyl (C=O) groups excluding carboxylic acids is 1. The van der Waals surface area contributed by atoms with Gasteiger partial charge >= 0.3 is 0 Å². The van der Waals surface area contributed by atoms with Crippen LogP contribution in [0.25, 0.3) is 0 Å². The lowest BCUT2D eigenvalue weighted by Gasteiger charge is -2.08. The first-order valence-electron chi connectivity index (χ1n) is 6.28. The maximum Gasteiger partial charge on any atom is 0.271 e. The number of benzene rings is 1. The predicted molar refractivity (Wildman–Crippen MR) is 76.9 cm³/mol. The van der Waals surface area contributed by atoms with Gasteiger partial charge in [0.15, 0.2) is 6.73 Å². The van der Waals surface area contributed by atoms with Crippen molar-refractivity contribution in [2.75, 3.05) is 0 Å². The monoisotopic (exact) mass is 293 g/mol. The van der Waals surface area contributed by atoms with Gasteiger partial charge in [0.05, 0.1) is 5.02 Å². The van der Waals surface area contributed by atoms with Crippen molar-refractivity contribution in [3.05, 3.63) is 47.2 Å². The van der Waals surface area contributed by atoms with E-state index in [0.29, 0.717) is 16.5 Å². The lowest BCUT2D eigenvalue weighted by atomic mass is 10.3. The minimum Gasteiger partial charge on any atom is -0.470 e. The van der Waals surface area contributed by atoms with Crippen LogP contribution in [0.1, 0.15) is 24.3 Å². The number of hydrogen-bond donors (Lipinski definition) is 1. The topological polar surface area (TPSA) is 56.2 Å². The molecule has 1 heterocycles. The Bertz CT molecular complexity index is 596. The number of carbonyl (C=O) groups is 1. The van der Waals surface area contributed by atoms with Crippen molar-refractivity contribution in [1.29, 1.82) is 0 Å². The van der Waals surface area contributed by atoms with E-state index in [9.17, 15) is 4.79 Å². The summed E-state index contributed by atoms with van der Waals surface area (Å²) < 4.78 is 7.07. The maximum absolute atomic E-state index is 11.7. The number of halogens is 1. The average molecular weight is 294 g/mol. The first-order chi connectivity index (χ1) is 9.56. The molecule has 5 nitrogen and oxygen atoms in total. The zero-order chi connectivity index (χ0) is 14.5. The number of hydrogen-bond acceptors (Lipinski definition) is 3. The standard InChI is InChI=1S/C14H16ClN3O2/c1-10(2)16-14(19)12-7-8-18(17-12)9-20-13-6-4-3-5-11(13)15/h3-8,10H,9H2,1-2H3,(H,16,19). The van der Waals surface area contributed by atoms with Gasteiger partial charge in [-0.2, -0.15) is 5.10 Å². The van der Waals surface area contributed by atoms with Gasteiger partial charge in [-0.1, -0.05) is 23.7 Å². The first kappa shape index (κ1) is 14.4. The van der Waals surface area contributed by atoms with Gasteiger partial charge in [0.2, 0.25) is 0 Å². The highest BCUT2D eigenvalue weighted by atomic mass is 35.5. The summed E-state index contributed by atoms with van der Waals surface area (Å²) in [5.41, 5.74) is 0.362. The van der Waals surface area contributed by atoms with Crippen LogP contribution >= 0.6 is 11.6 Å². The van der Waals surface area contributed by atoms with Crippen LogP contribution in [-0.4, -0.2) is 21.7 Å². The largest absolute Gasteiger partial charge is 0.470 e. The zero-order valence-corrected chi connectivity index (χ0v) is 12.1. The molecule has 0 radical (unpaired) electrons. The minimum atomic E-state index is -0.198. The number of ether oxygens (including phenoxy) is 1. The highest BCUT2D eigenvalue weighted by molar-refractivity contribution is 6.32. The van der Waals surface area contributed by atoms with Crippen LogP contribution in [0.15, 0.2) is 36.5 Å². The van der Waals surface area contributed by atoms with Crippen LogP contribution in [0.2, 0.25) is 5.02 Å². The van der Waals surface area contributed by atoms with E-state index in [1.807, 2.05) is 26.0 Å². The average Bonchev–Trinajstić information content (AvgIpc) is 2.86. The Labute approximate surface area is 122 Å². The van der Waals surface area contributed by atoms with Crippen molar-refractivity contribution >= 4 is 17.5 Å². The molecule has 0 atom stereocenters. The minimum absolute atomic E-state index is 0.0759. The molecular weight excluding hydrogens is 278 g/mol. The van der Waals surface area contributed by atoms with E-state index in [4.69, 9.17) is 16.3 Å². The second-order valence-electron chi connectivity index (χ2n) is 4.57. The smallest absolute Gasteiger partial charge is 0.271 e. The van der Waals surface area contributed by atoms with Gasteiger partial charge in [-0.05, 0) is 32.0 Å². The fourth-order valence-corrected chi connectivity index (χ4v) is 1.78. The molecule has 1 amide bonds. The Morgan fingerprint density at radius 2 is 2.15 bits per heavy atom. The molecule has 6 heteroatoms. The molecule has 0 bridgehead atoms. The van der Waals surface area contributed by atoms with E-state index in [0.717, 1.165) is 0 Å². The number of aromatic nitrogens is 2. The van der Waals surface area contributed by atoms with Crippen LogP contribution in [0.4, 0.5) is 0 Å². The van der Waals surface area contributed by atoms with Crippen LogP contribution in [0, 0.1) is 0 Å². The zero-order valence-electron chi connectivity index (χ0n) is 11.3. The molecule has 106 valence electrons. The highest BCUT2D eigenvalue weighted by Crippen LogP contribution is 2.23. The summed E-state index contributed by atoms with van der Waals surface area (Å²) in [5.74, 6) is 0.384. The molecule has 0 spiro atoms. The Morgan fingerprint density at radius 3 is 2.85 bits per heavy atom. The molecule has 0 saturated carbocycles. The van der Waals surface area contributed by atoms with Crippen molar-refractivity contribution < 1.29 is 9.53 Å². The molecule has 2 rings (SSSR count). The molecule has 0 saturated heterocycles. The number of nitrogens with zero attached hydrogens (tertiary/aromatic N) is 2. The Morgan fingerprint density at radius 1 is 1.40 bits per heavy atom. The van der Waals surface area contributed by atoms with Gasteiger partial charge < -0.3 is 10.1 Å². The van der Waals surface area contributed by atoms with Gasteiger partial charge in [0.25, 0.3) is 5.91 Å². The van der Waals surface area contributed by atoms with E-state index in [1.54, 1.807) is 29.1 Å². The number of para-hydroxylation sites is 1. The lowest BCUT2D eigenvalue weighted by Crippen LogP contribution is -2.30. The Hall–Kier alpha value is -2.01. The van der Waals surface area contributed by atoms with Crippen LogP contribution in [0.3, 0.4) is 0 Å². The quantitative estimate of drug-likeness (QED) is 0.922. The van der Waals surface area contributed by atoms with Crippen LogP contribution < -0.4 is 10.1 Å². The van der Waals surface area contributed by atoms with Crippen molar-refractivity contribution in [2.24, 2.45) is 0 Å². The summed E-state index contributed by atoms with van der Waals surface area (Å²) in [7, 11) is 0. The predicted octanol–water partition coefficient (Wildman–Crippen LogP) is 2.71. The molecule has 0 fully saturated rings. The van der Waals surface area contributed by atoms with Crippen LogP contribution in [-0.2, 0) is 6.73 Å². The van der Waals surface area contributed by atoms with Gasteiger partial charge in [0.1, 0.15) is 11.4 Å². The molecule has 0 aliphatic rings. The second kappa shape index (κ2) is 6.43. The van der Waals surface area contributed by atoms with Gasteiger partial charge in [0, 0.05) is 12.2 Å². The summed E-state index contributed by atoms with van der Waals surface area (Å²) in [4.78, 5) is 11.7. The fourth-order valence-electron chi connectivity index (χ4n) is 1.59. The molecule has 0 aliphatic carbocycles. The maximum atomic E-state index is 11.7. The number of amides is 1. The third kappa shape index (κ3) is 3.74. The third-order valence-corrected chi connectivity index (χ3v) is 2.79. The molecule has 0 unspecified atom stereocenters. The summed E-state index contributed by atoms with van der Waals surface area (Å²) >= 11 is 5.98. The summed E-state index contributed by atoms with van der Waals surface area (Å²) in [6, 6.07) is 8.92. The van der Waals surface area contributed by atoms with Crippen molar-refractivity contribution in [1.82, 2.24) is 15.1 Å². The molecule has 1 aromatic heterocycles. The highest BCUT2D eigenvalue weighted by Gasteiger charge is 2.10. The SMILES string of the molecule is CC(C)NC(=O)c1ccn(COc2ccccc2Cl)n1. The van der Waals surface area contributed by atoms with Crippen molar-refractivity contribution in [3.8, 4) is 5.75 Å². The van der Waals surface area contributed by atoms with E-state index in [-0.39, 0.29) is 18.7 Å². The van der Waals surface area contributed by atoms with Gasteiger partial charge in [-0.3, -0.25) is 4.79 Å². The van der Waals surface area contributed by atoms with Crippen molar-refractivity contribution in [3.63, 3.8) is 0 Å². The number of nitrogens with one attached hydrogen (secondary N) is 1. The molecule has 1 aromatic carbocycles. The second-order valence-corrected chi connectivity index (χ2v) is 4.98. The van der Waals surface area contributed by atoms with E-state index in [2.05, 4.69) is 10.4 Å². The molecule has 2 aromatic rings. The Kier molecular flexibility index (Phi) is 4.63. The number of rotatable bonds is 5. The van der Waals surface area contributed by atoms with E-state index in [1.165, 1.54) is 0 Å². The molecule has 1 N–H and O–H groups in total. The third-order valence-electron chi connectivity index (χ3n) is 2.48. The Balaban J connectivity index is 1.96. The fraction of sp³-hybridized carbons (Fsp3) is 0.286. The molecular formula is C14H16ClN3O2. The normalized spacial score (nSPS) is 10.6. The molecule has 20 heavy (non-hydrogen) atoms. The first-order valence-corrected chi connectivity index (χ1v) is 6.65. The van der Waals surface area contributed by atoms with E-state index < -0.39 is 0 Å². The van der Waals surface area contributed by atoms with Gasteiger partial charge in [-0.15, -0.1) is 0 Å². The van der Waals surface area contributed by atoms with E-state index >= 15 is 0 Å². The lowest BCUT2D eigenvalue weighted by molar-refractivity contribution is 0.0936.